The van der Waals surface area contributed by atoms with Crippen molar-refractivity contribution in [1.82, 2.24) is 5.32 Å². The standard InChI is InChI=1S/C21H25NO3/c1-15-8-10-17(11-9-15)14-16(2)21(25)22-19(12-13-20(23)24)18-6-4-3-5-7-18/h3-11,16,19H,12-14H2,1-2H3,(H,22,25)(H,23,24). The molecule has 0 saturated heterocycles. The molecular formula is C21H25NO3. The number of nitrogens with one attached hydrogen (secondary N) is 1. The molecule has 0 fully saturated rings. The lowest BCUT2D eigenvalue weighted by atomic mass is 9.97. The van der Waals surface area contributed by atoms with Crippen molar-refractivity contribution in [2.75, 3.05) is 0 Å². The van der Waals surface area contributed by atoms with Crippen LogP contribution in [0.5, 0.6) is 0 Å². The highest BCUT2D eigenvalue weighted by Crippen LogP contribution is 2.20. The maximum atomic E-state index is 12.6. The van der Waals surface area contributed by atoms with Gasteiger partial charge < -0.3 is 10.4 Å². The quantitative estimate of drug-likeness (QED) is 0.766. The number of carboxylic acids is 1. The van der Waals surface area contributed by atoms with Crippen LogP contribution in [0.1, 0.15) is 42.5 Å². The molecule has 132 valence electrons. The Morgan fingerprint density at radius 3 is 2.28 bits per heavy atom. The number of hydrogen-bond acceptors (Lipinski definition) is 2. The zero-order valence-electron chi connectivity index (χ0n) is 14.7. The largest absolute Gasteiger partial charge is 0.481 e. The summed E-state index contributed by atoms with van der Waals surface area (Å²) in [4.78, 5) is 23.5. The molecule has 2 atom stereocenters. The van der Waals surface area contributed by atoms with E-state index in [4.69, 9.17) is 5.11 Å². The van der Waals surface area contributed by atoms with Crippen molar-refractivity contribution in [2.45, 2.75) is 39.2 Å². The van der Waals surface area contributed by atoms with Crippen LogP contribution in [0.3, 0.4) is 0 Å². The third-order valence-corrected chi connectivity index (χ3v) is 4.28. The lowest BCUT2D eigenvalue weighted by Crippen LogP contribution is -2.34. The minimum atomic E-state index is -0.858. The Balaban J connectivity index is 2.02. The highest BCUT2D eigenvalue weighted by Gasteiger charge is 2.20. The second-order valence-electron chi connectivity index (χ2n) is 6.50. The van der Waals surface area contributed by atoms with Gasteiger partial charge in [0, 0.05) is 12.3 Å². The topological polar surface area (TPSA) is 66.4 Å². The van der Waals surface area contributed by atoms with Crippen LogP contribution in [-0.4, -0.2) is 17.0 Å². The molecule has 2 N–H and O–H groups in total. The van der Waals surface area contributed by atoms with Crippen LogP contribution in [0.15, 0.2) is 54.6 Å². The van der Waals surface area contributed by atoms with Crippen LogP contribution in [0, 0.1) is 12.8 Å². The van der Waals surface area contributed by atoms with Gasteiger partial charge in [0.1, 0.15) is 0 Å². The molecule has 0 aliphatic rings. The lowest BCUT2D eigenvalue weighted by molar-refractivity contribution is -0.137. The number of carbonyl (C=O) groups excluding carboxylic acids is 1. The number of benzene rings is 2. The molecular weight excluding hydrogens is 314 g/mol. The average Bonchev–Trinajstić information content (AvgIpc) is 2.61. The first-order chi connectivity index (χ1) is 12.0. The SMILES string of the molecule is Cc1ccc(CC(C)C(=O)NC(CCC(=O)O)c2ccccc2)cc1. The molecule has 2 aromatic rings. The van der Waals surface area contributed by atoms with E-state index in [0.717, 1.165) is 11.1 Å². The lowest BCUT2D eigenvalue weighted by Gasteiger charge is -2.21. The van der Waals surface area contributed by atoms with Gasteiger partial charge in [0.2, 0.25) is 5.91 Å². The van der Waals surface area contributed by atoms with E-state index >= 15 is 0 Å². The molecule has 4 heteroatoms. The van der Waals surface area contributed by atoms with Crippen LogP contribution in [0.2, 0.25) is 0 Å². The van der Waals surface area contributed by atoms with E-state index in [1.807, 2.05) is 68.4 Å². The molecule has 2 rings (SSSR count). The maximum absolute atomic E-state index is 12.6. The molecule has 0 aliphatic carbocycles. The summed E-state index contributed by atoms with van der Waals surface area (Å²) >= 11 is 0. The molecule has 0 bridgehead atoms. The summed E-state index contributed by atoms with van der Waals surface area (Å²) < 4.78 is 0. The van der Waals surface area contributed by atoms with Gasteiger partial charge in [-0.25, -0.2) is 0 Å². The minimum Gasteiger partial charge on any atom is -0.481 e. The van der Waals surface area contributed by atoms with Crippen LogP contribution < -0.4 is 5.32 Å². The first kappa shape index (κ1) is 18.7. The van der Waals surface area contributed by atoms with Crippen LogP contribution in [-0.2, 0) is 16.0 Å². The maximum Gasteiger partial charge on any atom is 0.303 e. The summed E-state index contributed by atoms with van der Waals surface area (Å²) in [5.74, 6) is -1.10. The van der Waals surface area contributed by atoms with Crippen molar-refractivity contribution in [3.63, 3.8) is 0 Å². The van der Waals surface area contributed by atoms with Crippen molar-refractivity contribution in [3.8, 4) is 0 Å². The van der Waals surface area contributed by atoms with E-state index in [-0.39, 0.29) is 24.3 Å². The van der Waals surface area contributed by atoms with Gasteiger partial charge in [0.05, 0.1) is 6.04 Å². The summed E-state index contributed by atoms with van der Waals surface area (Å²) in [5.41, 5.74) is 3.24. The second kappa shape index (κ2) is 9.02. The number of aryl methyl sites for hydroxylation is 1. The van der Waals surface area contributed by atoms with Crippen molar-refractivity contribution in [3.05, 3.63) is 71.3 Å². The number of aliphatic carboxylic acids is 1. The van der Waals surface area contributed by atoms with Crippen molar-refractivity contribution >= 4 is 11.9 Å². The Hall–Kier alpha value is -2.62. The highest BCUT2D eigenvalue weighted by atomic mass is 16.4. The third kappa shape index (κ3) is 6.07. The van der Waals surface area contributed by atoms with E-state index in [1.165, 1.54) is 5.56 Å². The number of carbonyl (C=O) groups is 2. The van der Waals surface area contributed by atoms with Gasteiger partial charge >= 0.3 is 5.97 Å². The van der Waals surface area contributed by atoms with Gasteiger partial charge in [-0.1, -0.05) is 67.1 Å². The molecule has 0 spiro atoms. The minimum absolute atomic E-state index is 0.0200. The fourth-order valence-electron chi connectivity index (χ4n) is 2.76. The monoisotopic (exact) mass is 339 g/mol. The zero-order chi connectivity index (χ0) is 18.2. The number of amides is 1. The normalized spacial score (nSPS) is 13.0. The smallest absolute Gasteiger partial charge is 0.303 e. The molecule has 0 saturated carbocycles. The van der Waals surface area contributed by atoms with Gasteiger partial charge in [-0.3, -0.25) is 9.59 Å². The van der Waals surface area contributed by atoms with Crippen LogP contribution >= 0.6 is 0 Å². The molecule has 2 aromatic carbocycles. The van der Waals surface area contributed by atoms with E-state index in [0.29, 0.717) is 12.8 Å². The summed E-state index contributed by atoms with van der Waals surface area (Å²) in [6.45, 7) is 3.93. The molecule has 4 nitrogen and oxygen atoms in total. The predicted octanol–water partition coefficient (Wildman–Crippen LogP) is 3.90. The molecule has 1 amide bonds. The van der Waals surface area contributed by atoms with Crippen LogP contribution in [0.25, 0.3) is 0 Å². The first-order valence-corrected chi connectivity index (χ1v) is 8.58. The van der Waals surface area contributed by atoms with Gasteiger partial charge in [-0.15, -0.1) is 0 Å². The molecule has 25 heavy (non-hydrogen) atoms. The Kier molecular flexibility index (Phi) is 6.75. The molecule has 0 aliphatic heterocycles. The third-order valence-electron chi connectivity index (χ3n) is 4.28. The van der Waals surface area contributed by atoms with E-state index in [2.05, 4.69) is 5.32 Å². The molecule has 0 aromatic heterocycles. The summed E-state index contributed by atoms with van der Waals surface area (Å²) in [5, 5.41) is 12.0. The van der Waals surface area contributed by atoms with Gasteiger partial charge in [-0.2, -0.15) is 0 Å². The van der Waals surface area contributed by atoms with E-state index in [1.54, 1.807) is 0 Å². The van der Waals surface area contributed by atoms with Gasteiger partial charge in [0.25, 0.3) is 0 Å². The van der Waals surface area contributed by atoms with Gasteiger partial charge in [-0.05, 0) is 30.9 Å². The highest BCUT2D eigenvalue weighted by molar-refractivity contribution is 5.79. The Bertz CT molecular complexity index is 695. The summed E-state index contributed by atoms with van der Waals surface area (Å²) in [6, 6.07) is 17.4. The molecule has 0 radical (unpaired) electrons. The molecule has 2 unspecified atom stereocenters. The van der Waals surface area contributed by atoms with Crippen molar-refractivity contribution in [2.24, 2.45) is 5.92 Å². The number of hydrogen-bond donors (Lipinski definition) is 2. The van der Waals surface area contributed by atoms with Crippen molar-refractivity contribution in [1.29, 1.82) is 0 Å². The van der Waals surface area contributed by atoms with Crippen LogP contribution in [0.4, 0.5) is 0 Å². The van der Waals surface area contributed by atoms with Crippen molar-refractivity contribution < 1.29 is 14.7 Å². The summed E-state index contributed by atoms with van der Waals surface area (Å²) in [7, 11) is 0. The fraction of sp³-hybridized carbons (Fsp3) is 0.333. The average molecular weight is 339 g/mol. The molecule has 0 heterocycles. The van der Waals surface area contributed by atoms with E-state index < -0.39 is 5.97 Å². The number of rotatable bonds is 8. The Morgan fingerprint density at radius 2 is 1.68 bits per heavy atom. The predicted molar refractivity (Wildman–Crippen MR) is 98.2 cm³/mol. The number of carboxylic acid groups (broad SMARTS) is 1. The first-order valence-electron chi connectivity index (χ1n) is 8.58. The fourth-order valence-corrected chi connectivity index (χ4v) is 2.76. The van der Waals surface area contributed by atoms with E-state index in [9.17, 15) is 9.59 Å². The second-order valence-corrected chi connectivity index (χ2v) is 6.50. The summed E-state index contributed by atoms with van der Waals surface area (Å²) in [6.07, 6.45) is 1.06. The Labute approximate surface area is 148 Å². The zero-order valence-corrected chi connectivity index (χ0v) is 14.7. The van der Waals surface area contributed by atoms with Gasteiger partial charge in [0.15, 0.2) is 0 Å². The Morgan fingerprint density at radius 1 is 1.04 bits per heavy atom.